The van der Waals surface area contributed by atoms with Crippen molar-refractivity contribution < 1.29 is 43.7 Å². The van der Waals surface area contributed by atoms with Crippen LogP contribution in [0.5, 0.6) is 11.5 Å². The van der Waals surface area contributed by atoms with E-state index < -0.39 is 35.0 Å². The number of benzene rings is 3. The normalized spacial score (nSPS) is 15.4. The minimum Gasteiger partial charge on any atom is -0.491 e. The summed E-state index contributed by atoms with van der Waals surface area (Å²) in [6, 6.07) is 25.2. The number of para-hydroxylation sites is 2. The molecule has 0 aliphatic carbocycles. The van der Waals surface area contributed by atoms with E-state index in [-0.39, 0.29) is 43.3 Å². The number of ether oxygens (including phenoxy) is 4. The van der Waals surface area contributed by atoms with Crippen molar-refractivity contribution in [2.24, 2.45) is 0 Å². The van der Waals surface area contributed by atoms with Crippen LogP contribution in [0.1, 0.15) is 109 Å². The monoisotopic (exact) mass is 901 g/mol. The number of esters is 2. The van der Waals surface area contributed by atoms with E-state index in [1.807, 2.05) is 60.7 Å². The first-order chi connectivity index (χ1) is 31.5. The van der Waals surface area contributed by atoms with E-state index in [9.17, 15) is 29.9 Å². The van der Waals surface area contributed by atoms with Crippen molar-refractivity contribution in [1.82, 2.24) is 15.5 Å². The van der Waals surface area contributed by atoms with Gasteiger partial charge in [-0.2, -0.15) is 0 Å². The van der Waals surface area contributed by atoms with Crippen LogP contribution in [-0.2, 0) is 19.1 Å². The van der Waals surface area contributed by atoms with Crippen LogP contribution in [0.25, 0.3) is 0 Å². The van der Waals surface area contributed by atoms with Gasteiger partial charge in [0.2, 0.25) is 0 Å². The lowest BCUT2D eigenvalue weighted by molar-refractivity contribution is -0.384. The minimum absolute atomic E-state index is 0.145. The molecule has 14 nitrogen and oxygen atoms in total. The summed E-state index contributed by atoms with van der Waals surface area (Å²) in [6.07, 6.45) is 10.1. The quantitative estimate of drug-likeness (QED) is 0.0203. The molecule has 0 spiro atoms. The molecule has 3 aromatic carbocycles. The van der Waals surface area contributed by atoms with Gasteiger partial charge in [0.1, 0.15) is 36.9 Å². The molecule has 4 rings (SSSR count). The Balaban J connectivity index is 1.17. The highest BCUT2D eigenvalue weighted by Gasteiger charge is 2.40. The summed E-state index contributed by atoms with van der Waals surface area (Å²) < 4.78 is 22.9. The van der Waals surface area contributed by atoms with Gasteiger partial charge in [-0.15, -0.1) is 0 Å². The zero-order valence-electron chi connectivity index (χ0n) is 38.9. The Kier molecular flexibility index (Phi) is 23.6. The van der Waals surface area contributed by atoms with E-state index in [4.69, 9.17) is 18.9 Å². The number of hydrogen-bond acceptors (Lipinski definition) is 13. The number of carbonyl (C=O) groups is 2. The second kappa shape index (κ2) is 29.3. The largest absolute Gasteiger partial charge is 0.491 e. The standard InChI is InChI=1S/C51H72N4O10/c1-38(53-35-44(57)37-65-46-28-17-13-18-29-46)23-14-8-6-5-7-10-20-31-62-50(58)47-39(2)54(4)40(3)48(49(47)41-24-22-25-42(33-41)55(60)61)51(59)63-32-21-11-9-19-30-52-34-43(56)36-64-45-26-15-12-16-27-45/h12-13,15-18,22,24-29,33,38,43-44,49,52-53,56-57H,5-11,14,19-21,23,30-32,34-37H2,1-4H3. The Morgan fingerprint density at radius 2 is 1.18 bits per heavy atom. The van der Waals surface area contributed by atoms with E-state index in [0.29, 0.717) is 48.9 Å². The molecule has 3 aromatic rings. The van der Waals surface area contributed by atoms with Crippen LogP contribution in [0.3, 0.4) is 0 Å². The number of nitrogens with one attached hydrogen (secondary N) is 2. The highest BCUT2D eigenvalue weighted by Crippen LogP contribution is 2.43. The number of allylic oxidation sites excluding steroid dienone is 2. The second-order valence-electron chi connectivity index (χ2n) is 16.9. The molecular weight excluding hydrogens is 829 g/mol. The fourth-order valence-corrected chi connectivity index (χ4v) is 7.73. The molecule has 14 heteroatoms. The number of unbranched alkanes of at least 4 members (excludes halogenated alkanes) is 9. The Hall–Kier alpha value is -5.28. The molecule has 0 saturated carbocycles. The SMILES string of the molecule is CC1=C(C(=O)OCCCCCCCCCC(C)NCC(O)COc2ccccc2)C(c2cccc([N+](=O)[O-])c2)C(C(=O)OCCCCCCNCC(O)COc2ccccc2)=C(C)N1C. The van der Waals surface area contributed by atoms with Gasteiger partial charge in [0.05, 0.1) is 35.2 Å². The summed E-state index contributed by atoms with van der Waals surface area (Å²) in [5.74, 6) is -0.589. The van der Waals surface area contributed by atoms with Gasteiger partial charge in [-0.05, 0) is 82.8 Å². The topological polar surface area (TPSA) is 182 Å². The smallest absolute Gasteiger partial charge is 0.336 e. The maximum Gasteiger partial charge on any atom is 0.336 e. The molecule has 4 N–H and O–H groups in total. The van der Waals surface area contributed by atoms with Crippen molar-refractivity contribution in [3.63, 3.8) is 0 Å². The number of carbonyl (C=O) groups excluding carboxylic acids is 2. The van der Waals surface area contributed by atoms with Gasteiger partial charge >= 0.3 is 11.9 Å². The predicted octanol–water partition coefficient (Wildman–Crippen LogP) is 8.39. The van der Waals surface area contributed by atoms with Crippen LogP contribution in [-0.4, -0.2) is 103 Å². The Morgan fingerprint density at radius 1 is 0.692 bits per heavy atom. The number of non-ortho nitro benzene ring substituents is 1. The Bertz CT molecular complexity index is 1940. The molecule has 0 fully saturated rings. The van der Waals surface area contributed by atoms with Crippen molar-refractivity contribution >= 4 is 17.6 Å². The summed E-state index contributed by atoms with van der Waals surface area (Å²) in [5, 5.41) is 38.9. The van der Waals surface area contributed by atoms with E-state index in [0.717, 1.165) is 82.3 Å². The number of aliphatic hydroxyl groups is 2. The van der Waals surface area contributed by atoms with Crippen molar-refractivity contribution in [3.8, 4) is 11.5 Å². The first-order valence-corrected chi connectivity index (χ1v) is 23.4. The van der Waals surface area contributed by atoms with Crippen LogP contribution < -0.4 is 20.1 Å². The van der Waals surface area contributed by atoms with Gasteiger partial charge in [0.25, 0.3) is 5.69 Å². The van der Waals surface area contributed by atoms with E-state index in [1.165, 1.54) is 12.1 Å². The molecule has 4 unspecified atom stereocenters. The second-order valence-corrected chi connectivity index (χ2v) is 16.9. The van der Waals surface area contributed by atoms with Crippen molar-refractivity contribution in [1.29, 1.82) is 0 Å². The van der Waals surface area contributed by atoms with Crippen molar-refractivity contribution in [3.05, 3.63) is 123 Å². The van der Waals surface area contributed by atoms with Gasteiger partial charge in [0.15, 0.2) is 0 Å². The molecule has 356 valence electrons. The van der Waals surface area contributed by atoms with Gasteiger partial charge in [-0.1, -0.05) is 99.9 Å². The predicted molar refractivity (Wildman–Crippen MR) is 253 cm³/mol. The van der Waals surface area contributed by atoms with E-state index in [1.54, 1.807) is 37.9 Å². The lowest BCUT2D eigenvalue weighted by atomic mass is 9.79. The molecule has 0 amide bonds. The average Bonchev–Trinajstić information content (AvgIpc) is 3.31. The summed E-state index contributed by atoms with van der Waals surface area (Å²) in [4.78, 5) is 41.0. The molecule has 1 heterocycles. The lowest BCUT2D eigenvalue weighted by Crippen LogP contribution is -2.36. The average molecular weight is 901 g/mol. The molecule has 1 aliphatic heterocycles. The molecule has 0 radical (unpaired) electrons. The number of rotatable bonds is 32. The number of aliphatic hydroxyl groups excluding tert-OH is 2. The third-order valence-corrected chi connectivity index (χ3v) is 11.7. The molecule has 0 saturated heterocycles. The third kappa shape index (κ3) is 18.6. The van der Waals surface area contributed by atoms with Crippen molar-refractivity contribution in [2.75, 3.05) is 53.1 Å². The van der Waals surface area contributed by atoms with Crippen LogP contribution >= 0.6 is 0 Å². The molecular formula is C51H72N4O10. The fraction of sp³-hybridized carbons (Fsp3) is 0.529. The van der Waals surface area contributed by atoms with E-state index >= 15 is 0 Å². The number of nitro benzene ring substituents is 1. The lowest BCUT2D eigenvalue weighted by Gasteiger charge is -2.35. The van der Waals surface area contributed by atoms with Gasteiger partial charge < -0.3 is 44.7 Å². The van der Waals surface area contributed by atoms with Gasteiger partial charge in [-0.25, -0.2) is 9.59 Å². The first kappa shape index (κ1) is 52.3. The third-order valence-electron chi connectivity index (χ3n) is 11.7. The highest BCUT2D eigenvalue weighted by molar-refractivity contribution is 6.00. The zero-order valence-corrected chi connectivity index (χ0v) is 38.9. The maximum atomic E-state index is 13.9. The minimum atomic E-state index is -0.915. The summed E-state index contributed by atoms with van der Waals surface area (Å²) >= 11 is 0. The molecule has 0 aromatic heterocycles. The summed E-state index contributed by atoms with van der Waals surface area (Å²) in [6.45, 7) is 8.20. The first-order valence-electron chi connectivity index (χ1n) is 23.4. The van der Waals surface area contributed by atoms with Crippen LogP contribution in [0.15, 0.2) is 107 Å². The van der Waals surface area contributed by atoms with Gasteiger partial charge in [0, 0.05) is 49.7 Å². The summed E-state index contributed by atoms with van der Waals surface area (Å²) in [5.41, 5.74) is 1.99. The molecule has 0 bridgehead atoms. The fourth-order valence-electron chi connectivity index (χ4n) is 7.73. The van der Waals surface area contributed by atoms with Gasteiger partial charge in [-0.3, -0.25) is 10.1 Å². The zero-order chi connectivity index (χ0) is 46.8. The Morgan fingerprint density at radius 3 is 1.72 bits per heavy atom. The number of nitrogens with zero attached hydrogens (tertiary/aromatic N) is 2. The van der Waals surface area contributed by atoms with Crippen LogP contribution in [0, 0.1) is 10.1 Å². The summed E-state index contributed by atoms with van der Waals surface area (Å²) in [7, 11) is 1.78. The molecule has 65 heavy (non-hydrogen) atoms. The van der Waals surface area contributed by atoms with Crippen LogP contribution in [0.4, 0.5) is 5.69 Å². The Labute approximate surface area is 385 Å². The van der Waals surface area contributed by atoms with E-state index in [2.05, 4.69) is 17.6 Å². The van der Waals surface area contributed by atoms with Crippen molar-refractivity contribution in [2.45, 2.75) is 122 Å². The highest BCUT2D eigenvalue weighted by atomic mass is 16.6. The van der Waals surface area contributed by atoms with Crippen LogP contribution in [0.2, 0.25) is 0 Å². The molecule has 4 atom stereocenters. The number of hydrogen-bond donors (Lipinski definition) is 4. The maximum absolute atomic E-state index is 13.9. The molecule has 1 aliphatic rings. The number of nitro groups is 1.